The lowest BCUT2D eigenvalue weighted by Crippen LogP contribution is -2.28. The van der Waals surface area contributed by atoms with Gasteiger partial charge in [0.25, 0.3) is 0 Å². The second kappa shape index (κ2) is 8.76. The topological polar surface area (TPSA) is 60.5 Å². The zero-order valence-corrected chi connectivity index (χ0v) is 15.1. The minimum absolute atomic E-state index is 0.0144. The number of amides is 1. The quantitative estimate of drug-likeness (QED) is 0.858. The van der Waals surface area contributed by atoms with Gasteiger partial charge in [-0.3, -0.25) is 9.78 Å². The highest BCUT2D eigenvalue weighted by Gasteiger charge is 2.15. The summed E-state index contributed by atoms with van der Waals surface area (Å²) in [6.45, 7) is 3.30. The molecule has 25 heavy (non-hydrogen) atoms. The minimum Gasteiger partial charge on any atom is -0.490 e. The van der Waals surface area contributed by atoms with E-state index in [1.165, 1.54) is 0 Å². The summed E-state index contributed by atoms with van der Waals surface area (Å²) < 4.78 is 11.3. The third-order valence-corrected chi connectivity index (χ3v) is 4.82. The highest BCUT2D eigenvalue weighted by molar-refractivity contribution is 7.99. The molecule has 1 aromatic carbocycles. The van der Waals surface area contributed by atoms with Crippen LogP contribution in [0.25, 0.3) is 0 Å². The van der Waals surface area contributed by atoms with Crippen LogP contribution in [0.5, 0.6) is 11.5 Å². The highest BCUT2D eigenvalue weighted by atomic mass is 32.2. The van der Waals surface area contributed by atoms with E-state index in [1.807, 2.05) is 43.3 Å². The van der Waals surface area contributed by atoms with Gasteiger partial charge in [-0.05, 0) is 36.8 Å². The Labute approximate surface area is 152 Å². The van der Waals surface area contributed by atoms with Gasteiger partial charge in [-0.1, -0.05) is 12.1 Å². The number of benzene rings is 1. The van der Waals surface area contributed by atoms with Gasteiger partial charge in [0.05, 0.1) is 30.7 Å². The molecule has 2 heterocycles. The zero-order chi connectivity index (χ0) is 17.5. The van der Waals surface area contributed by atoms with Crippen LogP contribution in [0.2, 0.25) is 0 Å². The number of thioether (sulfide) groups is 1. The smallest absolute Gasteiger partial charge is 0.230 e. The molecule has 1 aromatic heterocycles. The van der Waals surface area contributed by atoms with Gasteiger partial charge in [0.1, 0.15) is 0 Å². The van der Waals surface area contributed by atoms with Gasteiger partial charge in [-0.15, -0.1) is 11.8 Å². The molecule has 3 rings (SSSR count). The molecule has 5 nitrogen and oxygen atoms in total. The molecule has 0 aliphatic carbocycles. The third kappa shape index (κ3) is 5.13. The lowest BCUT2D eigenvalue weighted by molar-refractivity contribution is -0.119. The summed E-state index contributed by atoms with van der Waals surface area (Å²) in [5.74, 6) is 2.67. The van der Waals surface area contributed by atoms with Gasteiger partial charge in [0.2, 0.25) is 5.91 Å². The number of rotatable bonds is 6. The molecule has 0 spiro atoms. The average Bonchev–Trinajstić information content (AvgIpc) is 2.87. The van der Waals surface area contributed by atoms with Crippen LogP contribution in [0.4, 0.5) is 0 Å². The Morgan fingerprint density at radius 3 is 2.88 bits per heavy atom. The molecule has 1 aliphatic heterocycles. The van der Waals surface area contributed by atoms with Gasteiger partial charge in [0.15, 0.2) is 11.5 Å². The maximum atomic E-state index is 12.2. The molecule has 0 saturated carbocycles. The fourth-order valence-corrected chi connectivity index (χ4v) is 3.30. The SMILES string of the molecule is CC(NC(=O)CSCc1ccccn1)c1ccc2c(c1)OCCCO2. The number of hydrogen-bond donors (Lipinski definition) is 1. The van der Waals surface area contributed by atoms with Crippen LogP contribution in [0.3, 0.4) is 0 Å². The summed E-state index contributed by atoms with van der Waals surface area (Å²) in [6.07, 6.45) is 2.64. The second-order valence-electron chi connectivity index (χ2n) is 5.86. The van der Waals surface area contributed by atoms with Crippen LogP contribution in [0.1, 0.15) is 30.6 Å². The Bertz CT molecular complexity index is 709. The molecule has 1 amide bonds. The fraction of sp³-hybridized carbons (Fsp3) is 0.368. The van der Waals surface area contributed by atoms with Crippen molar-refractivity contribution >= 4 is 17.7 Å². The Kier molecular flexibility index (Phi) is 6.17. The average molecular weight is 358 g/mol. The van der Waals surface area contributed by atoms with Crippen molar-refractivity contribution in [1.82, 2.24) is 10.3 Å². The van der Waals surface area contributed by atoms with Crippen molar-refractivity contribution in [3.8, 4) is 11.5 Å². The Morgan fingerprint density at radius 1 is 1.24 bits per heavy atom. The summed E-state index contributed by atoms with van der Waals surface area (Å²) in [4.78, 5) is 16.4. The molecule has 1 unspecified atom stereocenters. The minimum atomic E-state index is -0.0832. The molecule has 6 heteroatoms. The maximum Gasteiger partial charge on any atom is 0.230 e. The number of aromatic nitrogens is 1. The molecule has 1 aliphatic rings. The van der Waals surface area contributed by atoms with Gasteiger partial charge in [-0.25, -0.2) is 0 Å². The van der Waals surface area contributed by atoms with E-state index in [0.717, 1.165) is 34.9 Å². The molecule has 0 bridgehead atoms. The molecular weight excluding hydrogens is 336 g/mol. The van der Waals surface area contributed by atoms with Crippen molar-refractivity contribution in [3.05, 3.63) is 53.9 Å². The Balaban J connectivity index is 1.50. The predicted molar refractivity (Wildman–Crippen MR) is 99.0 cm³/mol. The third-order valence-electron chi connectivity index (χ3n) is 3.86. The van der Waals surface area contributed by atoms with Crippen molar-refractivity contribution in [1.29, 1.82) is 0 Å². The molecule has 1 N–H and O–H groups in total. The van der Waals surface area contributed by atoms with Gasteiger partial charge < -0.3 is 14.8 Å². The Morgan fingerprint density at radius 2 is 2.08 bits per heavy atom. The lowest BCUT2D eigenvalue weighted by Gasteiger charge is -2.16. The number of ether oxygens (including phenoxy) is 2. The molecular formula is C19H22N2O3S. The largest absolute Gasteiger partial charge is 0.490 e. The standard InChI is InChI=1S/C19H22N2O3S/c1-14(15-6-7-17-18(11-15)24-10-4-9-23-17)21-19(22)13-25-12-16-5-2-3-8-20-16/h2-3,5-8,11,14H,4,9-10,12-13H2,1H3,(H,21,22). The number of nitrogens with zero attached hydrogens (tertiary/aromatic N) is 1. The molecule has 0 saturated heterocycles. The molecule has 0 fully saturated rings. The summed E-state index contributed by atoms with van der Waals surface area (Å²) in [5.41, 5.74) is 1.99. The molecule has 2 aromatic rings. The van der Waals surface area contributed by atoms with Gasteiger partial charge >= 0.3 is 0 Å². The number of nitrogens with one attached hydrogen (secondary N) is 1. The van der Waals surface area contributed by atoms with Crippen molar-refractivity contribution in [2.24, 2.45) is 0 Å². The summed E-state index contributed by atoms with van der Waals surface area (Å²) in [5, 5.41) is 3.03. The van der Waals surface area contributed by atoms with E-state index in [9.17, 15) is 4.79 Å². The number of fused-ring (bicyclic) bond motifs is 1. The number of pyridine rings is 1. The van der Waals surface area contributed by atoms with E-state index < -0.39 is 0 Å². The number of carbonyl (C=O) groups is 1. The van der Waals surface area contributed by atoms with Crippen molar-refractivity contribution in [2.75, 3.05) is 19.0 Å². The first-order valence-electron chi connectivity index (χ1n) is 8.39. The van der Waals surface area contributed by atoms with Crippen LogP contribution in [0, 0.1) is 0 Å². The van der Waals surface area contributed by atoms with E-state index in [0.29, 0.717) is 19.0 Å². The van der Waals surface area contributed by atoms with Crippen molar-refractivity contribution in [2.45, 2.75) is 25.1 Å². The lowest BCUT2D eigenvalue weighted by atomic mass is 10.1. The van der Waals surface area contributed by atoms with Gasteiger partial charge in [0, 0.05) is 18.4 Å². The van der Waals surface area contributed by atoms with E-state index in [4.69, 9.17) is 9.47 Å². The van der Waals surface area contributed by atoms with Crippen molar-refractivity contribution in [3.63, 3.8) is 0 Å². The van der Waals surface area contributed by atoms with Crippen LogP contribution in [0.15, 0.2) is 42.6 Å². The molecule has 1 atom stereocenters. The maximum absolute atomic E-state index is 12.2. The van der Waals surface area contributed by atoms with E-state index in [1.54, 1.807) is 18.0 Å². The first kappa shape index (κ1) is 17.6. The van der Waals surface area contributed by atoms with Crippen LogP contribution in [-0.2, 0) is 10.5 Å². The van der Waals surface area contributed by atoms with Crippen LogP contribution in [-0.4, -0.2) is 29.9 Å². The highest BCUT2D eigenvalue weighted by Crippen LogP contribution is 2.32. The molecule has 132 valence electrons. The van der Waals surface area contributed by atoms with Crippen molar-refractivity contribution < 1.29 is 14.3 Å². The second-order valence-corrected chi connectivity index (χ2v) is 6.85. The Hall–Kier alpha value is -2.21. The normalized spacial score (nSPS) is 14.4. The summed E-state index contributed by atoms with van der Waals surface area (Å²) in [7, 11) is 0. The van der Waals surface area contributed by atoms with Crippen LogP contribution < -0.4 is 14.8 Å². The fourth-order valence-electron chi connectivity index (χ4n) is 2.55. The van der Waals surface area contributed by atoms with Gasteiger partial charge in [-0.2, -0.15) is 0 Å². The molecule has 0 radical (unpaired) electrons. The summed E-state index contributed by atoms with van der Waals surface area (Å²) >= 11 is 1.56. The first-order chi connectivity index (χ1) is 12.2. The van der Waals surface area contributed by atoms with E-state index >= 15 is 0 Å². The summed E-state index contributed by atoms with van der Waals surface area (Å²) in [6, 6.07) is 11.6. The predicted octanol–water partition coefficient (Wildman–Crippen LogP) is 3.35. The van der Waals surface area contributed by atoms with E-state index in [2.05, 4.69) is 10.3 Å². The van der Waals surface area contributed by atoms with E-state index in [-0.39, 0.29) is 11.9 Å². The monoisotopic (exact) mass is 358 g/mol. The zero-order valence-electron chi connectivity index (χ0n) is 14.2. The number of carbonyl (C=O) groups excluding carboxylic acids is 1. The van der Waals surface area contributed by atoms with Crippen LogP contribution >= 0.6 is 11.8 Å². The number of hydrogen-bond acceptors (Lipinski definition) is 5. The first-order valence-corrected chi connectivity index (χ1v) is 9.54.